The highest BCUT2D eigenvalue weighted by atomic mass is 19.3. The van der Waals surface area contributed by atoms with E-state index in [1.54, 1.807) is 7.11 Å². The molecule has 0 saturated carbocycles. The predicted octanol–water partition coefficient (Wildman–Crippen LogP) is 2.21. The van der Waals surface area contributed by atoms with Crippen LogP contribution in [0.2, 0.25) is 0 Å². The summed E-state index contributed by atoms with van der Waals surface area (Å²) in [7, 11) is 1.58. The molecule has 0 bridgehead atoms. The maximum absolute atomic E-state index is 13.2. The van der Waals surface area contributed by atoms with Gasteiger partial charge in [-0.05, 0) is 17.7 Å². The third-order valence-electron chi connectivity index (χ3n) is 2.12. The van der Waals surface area contributed by atoms with Crippen molar-refractivity contribution in [2.24, 2.45) is 0 Å². The smallest absolute Gasteiger partial charge is 0.272 e. The van der Waals surface area contributed by atoms with Crippen LogP contribution in [0.15, 0.2) is 18.2 Å². The second-order valence-corrected chi connectivity index (χ2v) is 3.67. The summed E-state index contributed by atoms with van der Waals surface area (Å²) >= 11 is 0. The summed E-state index contributed by atoms with van der Waals surface area (Å²) in [5.41, 5.74) is 0.635. The fourth-order valence-corrected chi connectivity index (χ4v) is 1.37. The van der Waals surface area contributed by atoms with Crippen LogP contribution in [-0.4, -0.2) is 33.3 Å². The van der Waals surface area contributed by atoms with Gasteiger partial charge in [-0.2, -0.15) is 0 Å². The standard InChI is InChI=1S/C12H16F3NO2/c1-17-3-2-16-7-9-4-10(13)6-11(5-9)18-8-12(14)15/h4-6,12,16H,2-3,7-8H2,1H3. The van der Waals surface area contributed by atoms with Gasteiger partial charge in [0.2, 0.25) is 0 Å². The van der Waals surface area contributed by atoms with Crippen LogP contribution in [0.5, 0.6) is 5.75 Å². The first kappa shape index (κ1) is 14.8. The van der Waals surface area contributed by atoms with E-state index in [4.69, 9.17) is 9.47 Å². The highest BCUT2D eigenvalue weighted by Crippen LogP contribution is 2.17. The molecule has 6 heteroatoms. The SMILES string of the molecule is COCCNCc1cc(F)cc(OCC(F)F)c1. The highest BCUT2D eigenvalue weighted by molar-refractivity contribution is 5.29. The van der Waals surface area contributed by atoms with Gasteiger partial charge in [-0.15, -0.1) is 0 Å². The molecule has 0 aromatic heterocycles. The zero-order valence-corrected chi connectivity index (χ0v) is 10.1. The zero-order valence-electron chi connectivity index (χ0n) is 10.1. The van der Waals surface area contributed by atoms with Gasteiger partial charge in [0.25, 0.3) is 6.43 Å². The summed E-state index contributed by atoms with van der Waals surface area (Å²) in [5.74, 6) is -0.399. The van der Waals surface area contributed by atoms with Crippen molar-refractivity contribution in [2.45, 2.75) is 13.0 Å². The first-order valence-corrected chi connectivity index (χ1v) is 5.52. The summed E-state index contributed by atoms with van der Waals surface area (Å²) in [6.07, 6.45) is -2.57. The molecule has 0 aliphatic heterocycles. The molecule has 1 aromatic carbocycles. The molecule has 0 aliphatic rings. The number of ether oxygens (including phenoxy) is 2. The van der Waals surface area contributed by atoms with Crippen molar-refractivity contribution in [3.05, 3.63) is 29.6 Å². The van der Waals surface area contributed by atoms with Gasteiger partial charge in [-0.3, -0.25) is 0 Å². The summed E-state index contributed by atoms with van der Waals surface area (Å²) < 4.78 is 46.8. The molecule has 0 spiro atoms. The average Bonchev–Trinajstić information content (AvgIpc) is 2.32. The van der Waals surface area contributed by atoms with Gasteiger partial charge in [0.05, 0.1) is 6.61 Å². The van der Waals surface area contributed by atoms with Crippen molar-refractivity contribution >= 4 is 0 Å². The Morgan fingerprint density at radius 1 is 1.28 bits per heavy atom. The van der Waals surface area contributed by atoms with Crippen LogP contribution in [-0.2, 0) is 11.3 Å². The van der Waals surface area contributed by atoms with Gasteiger partial charge in [0, 0.05) is 26.3 Å². The minimum absolute atomic E-state index is 0.110. The Hall–Kier alpha value is -1.27. The van der Waals surface area contributed by atoms with Crippen molar-refractivity contribution in [2.75, 3.05) is 26.9 Å². The highest BCUT2D eigenvalue weighted by Gasteiger charge is 2.06. The predicted molar refractivity (Wildman–Crippen MR) is 61.5 cm³/mol. The molecule has 0 amide bonds. The Balaban J connectivity index is 2.51. The van der Waals surface area contributed by atoms with Crippen molar-refractivity contribution < 1.29 is 22.6 Å². The van der Waals surface area contributed by atoms with Crippen molar-refractivity contribution in [3.8, 4) is 5.75 Å². The Labute approximate surface area is 104 Å². The van der Waals surface area contributed by atoms with Gasteiger partial charge < -0.3 is 14.8 Å². The number of benzene rings is 1. The van der Waals surface area contributed by atoms with Crippen LogP contribution in [0.25, 0.3) is 0 Å². The van der Waals surface area contributed by atoms with E-state index in [0.29, 0.717) is 25.3 Å². The van der Waals surface area contributed by atoms with E-state index in [9.17, 15) is 13.2 Å². The number of hydrogen-bond donors (Lipinski definition) is 1. The van der Waals surface area contributed by atoms with E-state index in [1.807, 2.05) is 0 Å². The lowest BCUT2D eigenvalue weighted by Gasteiger charge is -2.09. The first-order chi connectivity index (χ1) is 8.61. The van der Waals surface area contributed by atoms with E-state index in [2.05, 4.69) is 5.32 Å². The molecule has 0 saturated heterocycles. The maximum atomic E-state index is 13.2. The molecule has 0 fully saturated rings. The Morgan fingerprint density at radius 3 is 2.72 bits per heavy atom. The van der Waals surface area contributed by atoms with Gasteiger partial charge in [-0.1, -0.05) is 0 Å². The van der Waals surface area contributed by atoms with Crippen LogP contribution in [0.1, 0.15) is 5.56 Å². The quantitative estimate of drug-likeness (QED) is 0.729. The van der Waals surface area contributed by atoms with E-state index in [-0.39, 0.29) is 5.75 Å². The summed E-state index contributed by atoms with van der Waals surface area (Å²) in [4.78, 5) is 0. The first-order valence-electron chi connectivity index (χ1n) is 5.52. The molecular formula is C12H16F3NO2. The number of methoxy groups -OCH3 is 1. The maximum Gasteiger partial charge on any atom is 0.272 e. The molecule has 0 radical (unpaired) electrons. The van der Waals surface area contributed by atoms with Crippen LogP contribution in [0.4, 0.5) is 13.2 Å². The van der Waals surface area contributed by atoms with Crippen molar-refractivity contribution in [1.82, 2.24) is 5.32 Å². The molecule has 3 nitrogen and oxygen atoms in total. The molecule has 102 valence electrons. The van der Waals surface area contributed by atoms with Crippen LogP contribution in [0.3, 0.4) is 0 Å². The topological polar surface area (TPSA) is 30.5 Å². The average molecular weight is 263 g/mol. The lowest BCUT2D eigenvalue weighted by atomic mass is 10.2. The third kappa shape index (κ3) is 5.88. The largest absolute Gasteiger partial charge is 0.488 e. The van der Waals surface area contributed by atoms with Gasteiger partial charge >= 0.3 is 0 Å². The lowest BCUT2D eigenvalue weighted by Crippen LogP contribution is -2.18. The van der Waals surface area contributed by atoms with Gasteiger partial charge in [-0.25, -0.2) is 13.2 Å². The van der Waals surface area contributed by atoms with Crippen LogP contribution >= 0.6 is 0 Å². The van der Waals surface area contributed by atoms with Crippen LogP contribution in [0, 0.1) is 5.82 Å². The Bertz CT molecular complexity index is 361. The molecule has 1 N–H and O–H groups in total. The lowest BCUT2D eigenvalue weighted by molar-refractivity contribution is 0.0817. The van der Waals surface area contributed by atoms with Crippen molar-refractivity contribution in [3.63, 3.8) is 0 Å². The molecule has 1 aromatic rings. The fraction of sp³-hybridized carbons (Fsp3) is 0.500. The number of hydrogen-bond acceptors (Lipinski definition) is 3. The van der Waals surface area contributed by atoms with E-state index in [1.165, 1.54) is 12.1 Å². The number of halogens is 3. The number of nitrogens with one attached hydrogen (secondary N) is 1. The van der Waals surface area contributed by atoms with E-state index in [0.717, 1.165) is 6.07 Å². The number of rotatable bonds is 8. The summed E-state index contributed by atoms with van der Waals surface area (Å²) in [5, 5.41) is 3.03. The molecule has 1 rings (SSSR count). The Kier molecular flexibility index (Phi) is 6.53. The van der Waals surface area contributed by atoms with E-state index >= 15 is 0 Å². The second kappa shape index (κ2) is 7.94. The van der Waals surface area contributed by atoms with Crippen LogP contribution < -0.4 is 10.1 Å². The van der Waals surface area contributed by atoms with Gasteiger partial charge in [0.1, 0.15) is 18.2 Å². The van der Waals surface area contributed by atoms with Crippen molar-refractivity contribution in [1.29, 1.82) is 0 Å². The molecule has 0 aliphatic carbocycles. The minimum Gasteiger partial charge on any atom is -0.488 e. The molecule has 18 heavy (non-hydrogen) atoms. The minimum atomic E-state index is -2.57. The van der Waals surface area contributed by atoms with E-state index < -0.39 is 18.8 Å². The normalized spacial score (nSPS) is 10.9. The molecule has 0 unspecified atom stereocenters. The summed E-state index contributed by atoms with van der Waals surface area (Å²) in [6.45, 7) is 0.858. The monoisotopic (exact) mass is 263 g/mol. The van der Waals surface area contributed by atoms with Gasteiger partial charge in [0.15, 0.2) is 0 Å². The third-order valence-corrected chi connectivity index (χ3v) is 2.12. The zero-order chi connectivity index (χ0) is 13.4. The molecular weight excluding hydrogens is 247 g/mol. The Morgan fingerprint density at radius 2 is 2.06 bits per heavy atom. The number of alkyl halides is 2. The fourth-order valence-electron chi connectivity index (χ4n) is 1.37. The second-order valence-electron chi connectivity index (χ2n) is 3.67. The molecule has 0 heterocycles. The molecule has 0 atom stereocenters. The summed E-state index contributed by atoms with van der Waals surface area (Å²) in [6, 6.07) is 3.95.